The molecule has 0 heterocycles. The van der Waals surface area contributed by atoms with Crippen LogP contribution in [0.25, 0.3) is 0 Å². The number of aryl methyl sites for hydroxylation is 1. The number of carbonyl (C=O) groups is 1. The third-order valence-electron chi connectivity index (χ3n) is 3.18. The van der Waals surface area contributed by atoms with Gasteiger partial charge in [0.25, 0.3) is 0 Å². The van der Waals surface area contributed by atoms with Gasteiger partial charge in [-0.25, -0.2) is 4.79 Å². The fourth-order valence-corrected chi connectivity index (χ4v) is 2.05. The van der Waals surface area contributed by atoms with Crippen LogP contribution in [-0.2, 0) is 6.54 Å². The van der Waals surface area contributed by atoms with Gasteiger partial charge in [0.05, 0.1) is 12.2 Å². The number of benzene rings is 2. The molecule has 0 fully saturated rings. The molecule has 0 aliphatic carbocycles. The van der Waals surface area contributed by atoms with E-state index in [0.29, 0.717) is 13.2 Å². The highest BCUT2D eigenvalue weighted by Crippen LogP contribution is 2.19. The zero-order valence-electron chi connectivity index (χ0n) is 12.2. The Bertz CT molecular complexity index is 638. The highest BCUT2D eigenvalue weighted by molar-refractivity contribution is 5.89. The average Bonchev–Trinajstić information content (AvgIpc) is 2.47. The van der Waals surface area contributed by atoms with E-state index in [9.17, 15) is 4.79 Å². The molecule has 21 heavy (non-hydrogen) atoms. The Balaban J connectivity index is 2.10. The lowest BCUT2D eigenvalue weighted by Crippen LogP contribution is -2.04. The third kappa shape index (κ3) is 3.99. The first-order valence-corrected chi connectivity index (χ1v) is 6.89. The molecule has 0 radical (unpaired) electrons. The van der Waals surface area contributed by atoms with Crippen LogP contribution in [0.15, 0.2) is 42.5 Å². The van der Waals surface area contributed by atoms with E-state index < -0.39 is 5.97 Å². The predicted molar refractivity (Wildman–Crippen MR) is 83.1 cm³/mol. The monoisotopic (exact) mass is 285 g/mol. The van der Waals surface area contributed by atoms with Gasteiger partial charge in [-0.2, -0.15) is 0 Å². The van der Waals surface area contributed by atoms with Gasteiger partial charge in [-0.05, 0) is 49.2 Å². The van der Waals surface area contributed by atoms with Crippen molar-refractivity contribution < 1.29 is 14.6 Å². The largest absolute Gasteiger partial charge is 0.494 e. The summed E-state index contributed by atoms with van der Waals surface area (Å²) in [5.74, 6) is -0.0794. The molecule has 0 saturated carbocycles. The van der Waals surface area contributed by atoms with Crippen LogP contribution >= 0.6 is 0 Å². The standard InChI is InChI=1S/C17H19NO3/c1-3-21-15-6-4-5-13(9-15)11-18-16-10-14(17(19)20)8-7-12(16)2/h4-10,18H,3,11H2,1-2H3,(H,19,20). The molecular formula is C17H19NO3. The van der Waals surface area contributed by atoms with Crippen LogP contribution in [-0.4, -0.2) is 17.7 Å². The van der Waals surface area contributed by atoms with E-state index in [2.05, 4.69) is 5.32 Å². The van der Waals surface area contributed by atoms with Crippen LogP contribution < -0.4 is 10.1 Å². The summed E-state index contributed by atoms with van der Waals surface area (Å²) in [7, 11) is 0. The fourth-order valence-electron chi connectivity index (χ4n) is 2.05. The Labute approximate surface area is 124 Å². The lowest BCUT2D eigenvalue weighted by Gasteiger charge is -2.11. The maximum absolute atomic E-state index is 11.0. The van der Waals surface area contributed by atoms with Gasteiger partial charge < -0.3 is 15.2 Å². The third-order valence-corrected chi connectivity index (χ3v) is 3.18. The van der Waals surface area contributed by atoms with E-state index in [1.807, 2.05) is 44.2 Å². The number of carboxylic acid groups (broad SMARTS) is 1. The summed E-state index contributed by atoms with van der Waals surface area (Å²) < 4.78 is 5.47. The van der Waals surface area contributed by atoms with Crippen LogP contribution in [0, 0.1) is 6.92 Å². The first kappa shape index (κ1) is 14.9. The predicted octanol–water partition coefficient (Wildman–Crippen LogP) is 3.70. The number of nitrogens with one attached hydrogen (secondary N) is 1. The summed E-state index contributed by atoms with van der Waals surface area (Å²) >= 11 is 0. The van der Waals surface area contributed by atoms with Crippen molar-refractivity contribution in [3.63, 3.8) is 0 Å². The number of hydrogen-bond acceptors (Lipinski definition) is 3. The van der Waals surface area contributed by atoms with Gasteiger partial charge in [0, 0.05) is 12.2 Å². The number of hydrogen-bond donors (Lipinski definition) is 2. The fraction of sp³-hybridized carbons (Fsp3) is 0.235. The van der Waals surface area contributed by atoms with Crippen molar-refractivity contribution in [2.45, 2.75) is 20.4 Å². The van der Waals surface area contributed by atoms with Gasteiger partial charge in [-0.1, -0.05) is 18.2 Å². The minimum absolute atomic E-state index is 0.283. The minimum atomic E-state index is -0.920. The average molecular weight is 285 g/mol. The molecule has 0 bridgehead atoms. The van der Waals surface area contributed by atoms with E-state index in [1.165, 1.54) is 0 Å². The van der Waals surface area contributed by atoms with Crippen molar-refractivity contribution >= 4 is 11.7 Å². The molecule has 0 unspecified atom stereocenters. The maximum Gasteiger partial charge on any atom is 0.335 e. The summed E-state index contributed by atoms with van der Waals surface area (Å²) in [6.45, 7) is 5.15. The van der Waals surface area contributed by atoms with E-state index in [-0.39, 0.29) is 5.56 Å². The van der Waals surface area contributed by atoms with Crippen LogP contribution in [0.5, 0.6) is 5.75 Å². The number of carboxylic acids is 1. The summed E-state index contributed by atoms with van der Waals surface area (Å²) in [4.78, 5) is 11.0. The number of ether oxygens (including phenoxy) is 1. The number of aromatic carboxylic acids is 1. The zero-order chi connectivity index (χ0) is 15.2. The van der Waals surface area contributed by atoms with Crippen molar-refractivity contribution in [1.29, 1.82) is 0 Å². The van der Waals surface area contributed by atoms with Crippen molar-refractivity contribution in [3.8, 4) is 5.75 Å². The Morgan fingerprint density at radius 1 is 1.24 bits per heavy atom. The summed E-state index contributed by atoms with van der Waals surface area (Å²) in [6, 6.07) is 12.9. The Hall–Kier alpha value is -2.49. The van der Waals surface area contributed by atoms with Gasteiger partial charge >= 0.3 is 5.97 Å². The Kier molecular flexibility index (Phi) is 4.82. The van der Waals surface area contributed by atoms with Crippen LogP contribution in [0.2, 0.25) is 0 Å². The zero-order valence-corrected chi connectivity index (χ0v) is 12.2. The van der Waals surface area contributed by atoms with Crippen molar-refractivity contribution in [1.82, 2.24) is 0 Å². The van der Waals surface area contributed by atoms with E-state index >= 15 is 0 Å². The first-order chi connectivity index (χ1) is 10.1. The molecule has 2 N–H and O–H groups in total. The lowest BCUT2D eigenvalue weighted by molar-refractivity contribution is 0.0697. The van der Waals surface area contributed by atoms with Gasteiger partial charge in [0.1, 0.15) is 5.75 Å². The van der Waals surface area contributed by atoms with Crippen molar-refractivity contribution in [2.24, 2.45) is 0 Å². The minimum Gasteiger partial charge on any atom is -0.494 e. The second-order valence-electron chi connectivity index (χ2n) is 4.77. The van der Waals surface area contributed by atoms with Crippen LogP contribution in [0.1, 0.15) is 28.4 Å². The van der Waals surface area contributed by atoms with E-state index in [1.54, 1.807) is 12.1 Å². The normalized spacial score (nSPS) is 10.2. The second-order valence-corrected chi connectivity index (χ2v) is 4.77. The van der Waals surface area contributed by atoms with E-state index in [4.69, 9.17) is 9.84 Å². The molecule has 0 aliphatic rings. The molecule has 4 heteroatoms. The lowest BCUT2D eigenvalue weighted by atomic mass is 10.1. The molecule has 2 aromatic rings. The van der Waals surface area contributed by atoms with Gasteiger partial charge in [0.2, 0.25) is 0 Å². The molecule has 0 amide bonds. The summed E-state index contributed by atoms with van der Waals surface area (Å²) in [5, 5.41) is 12.3. The smallest absolute Gasteiger partial charge is 0.335 e. The number of rotatable bonds is 6. The molecule has 2 aromatic carbocycles. The molecule has 0 spiro atoms. The van der Waals surface area contributed by atoms with E-state index in [0.717, 1.165) is 22.6 Å². The molecule has 0 aromatic heterocycles. The number of anilines is 1. The highest BCUT2D eigenvalue weighted by Gasteiger charge is 2.06. The van der Waals surface area contributed by atoms with Gasteiger partial charge in [0.15, 0.2) is 0 Å². The maximum atomic E-state index is 11.0. The molecular weight excluding hydrogens is 266 g/mol. The second kappa shape index (κ2) is 6.79. The van der Waals surface area contributed by atoms with Crippen LogP contribution in [0.3, 0.4) is 0 Å². The van der Waals surface area contributed by atoms with Crippen LogP contribution in [0.4, 0.5) is 5.69 Å². The SMILES string of the molecule is CCOc1cccc(CNc2cc(C(=O)O)ccc2C)c1. The molecule has 2 rings (SSSR count). The summed E-state index contributed by atoms with van der Waals surface area (Å²) in [6.07, 6.45) is 0. The molecule has 0 atom stereocenters. The first-order valence-electron chi connectivity index (χ1n) is 6.89. The van der Waals surface area contributed by atoms with Gasteiger partial charge in [-0.3, -0.25) is 0 Å². The van der Waals surface area contributed by atoms with Crippen molar-refractivity contribution in [3.05, 3.63) is 59.2 Å². The highest BCUT2D eigenvalue weighted by atomic mass is 16.5. The molecule has 0 saturated heterocycles. The molecule has 110 valence electrons. The Morgan fingerprint density at radius 3 is 2.76 bits per heavy atom. The molecule has 4 nitrogen and oxygen atoms in total. The Morgan fingerprint density at radius 2 is 2.05 bits per heavy atom. The summed E-state index contributed by atoms with van der Waals surface area (Å²) in [5.41, 5.74) is 3.21. The van der Waals surface area contributed by atoms with Gasteiger partial charge in [-0.15, -0.1) is 0 Å². The van der Waals surface area contributed by atoms with Crippen molar-refractivity contribution in [2.75, 3.05) is 11.9 Å². The topological polar surface area (TPSA) is 58.6 Å². The molecule has 0 aliphatic heterocycles. The quantitative estimate of drug-likeness (QED) is 0.849.